The molecule has 3 aromatic rings. The second-order valence-corrected chi connectivity index (χ2v) is 4.35. The highest BCUT2D eigenvalue weighted by atomic mass is 16.3. The van der Waals surface area contributed by atoms with E-state index in [2.05, 4.69) is 16.5 Å². The van der Waals surface area contributed by atoms with Gasteiger partial charge in [-0.2, -0.15) is 0 Å². The molecule has 1 aromatic carbocycles. The van der Waals surface area contributed by atoms with Gasteiger partial charge in [-0.25, -0.2) is 4.98 Å². The van der Waals surface area contributed by atoms with Crippen LogP contribution in [0.2, 0.25) is 0 Å². The Hall–Kier alpha value is -2.23. The van der Waals surface area contributed by atoms with Gasteiger partial charge in [-0.05, 0) is 24.3 Å². The molecule has 0 spiro atoms. The van der Waals surface area contributed by atoms with Crippen molar-refractivity contribution in [2.24, 2.45) is 0 Å². The summed E-state index contributed by atoms with van der Waals surface area (Å²) in [5.41, 5.74) is 9.75. The summed E-state index contributed by atoms with van der Waals surface area (Å²) in [6.45, 7) is 2.89. The summed E-state index contributed by atoms with van der Waals surface area (Å²) in [7, 11) is 0. The van der Waals surface area contributed by atoms with Gasteiger partial charge in [0.25, 0.3) is 0 Å². The van der Waals surface area contributed by atoms with Gasteiger partial charge in [0.05, 0.1) is 30.1 Å². The summed E-state index contributed by atoms with van der Waals surface area (Å²) in [5, 5.41) is 0. The normalized spacial score (nSPS) is 11.2. The van der Waals surface area contributed by atoms with Crippen LogP contribution in [0.25, 0.3) is 11.0 Å². The lowest BCUT2D eigenvalue weighted by Crippen LogP contribution is -2.03. The van der Waals surface area contributed by atoms with E-state index >= 15 is 0 Å². The minimum atomic E-state index is 0.748. The summed E-state index contributed by atoms with van der Waals surface area (Å²) in [5.74, 6) is 1.07. The number of hydrogen-bond donors (Lipinski definition) is 1. The molecule has 2 N–H and O–H groups in total. The topological polar surface area (TPSA) is 57.0 Å². The first-order valence-electron chi connectivity index (χ1n) is 6.03. The lowest BCUT2D eigenvalue weighted by Gasteiger charge is -2.06. The largest absolute Gasteiger partial charge is 0.472 e. The van der Waals surface area contributed by atoms with Crippen molar-refractivity contribution in [3.05, 3.63) is 48.2 Å². The van der Waals surface area contributed by atoms with Crippen LogP contribution in [-0.4, -0.2) is 9.55 Å². The minimum Gasteiger partial charge on any atom is -0.472 e. The molecule has 0 saturated heterocycles. The highest BCUT2D eigenvalue weighted by Crippen LogP contribution is 2.21. The third-order valence-electron chi connectivity index (χ3n) is 3.09. The van der Waals surface area contributed by atoms with E-state index in [9.17, 15) is 0 Å². The Kier molecular flexibility index (Phi) is 2.55. The molecule has 4 nitrogen and oxygen atoms in total. The van der Waals surface area contributed by atoms with Crippen LogP contribution in [0.4, 0.5) is 5.69 Å². The quantitative estimate of drug-likeness (QED) is 0.717. The first kappa shape index (κ1) is 10.9. The molecule has 2 heterocycles. The van der Waals surface area contributed by atoms with E-state index in [0.29, 0.717) is 0 Å². The smallest absolute Gasteiger partial charge is 0.109 e. The van der Waals surface area contributed by atoms with Crippen LogP contribution in [0.3, 0.4) is 0 Å². The number of benzene rings is 1. The summed E-state index contributed by atoms with van der Waals surface area (Å²) in [4.78, 5) is 4.62. The predicted molar refractivity (Wildman–Crippen MR) is 71.3 cm³/mol. The Morgan fingerprint density at radius 1 is 1.33 bits per heavy atom. The Balaban J connectivity index is 2.13. The zero-order valence-corrected chi connectivity index (χ0v) is 10.3. The Morgan fingerprint density at radius 3 is 2.94 bits per heavy atom. The van der Waals surface area contributed by atoms with Crippen molar-refractivity contribution in [1.29, 1.82) is 0 Å². The molecule has 0 aliphatic heterocycles. The maximum atomic E-state index is 5.80. The van der Waals surface area contributed by atoms with Gasteiger partial charge in [0.1, 0.15) is 5.82 Å². The molecule has 0 atom stereocenters. The Morgan fingerprint density at radius 2 is 2.22 bits per heavy atom. The zero-order valence-electron chi connectivity index (χ0n) is 10.3. The molecule has 0 aliphatic rings. The van der Waals surface area contributed by atoms with Crippen LogP contribution in [0, 0.1) is 0 Å². The van der Waals surface area contributed by atoms with Crippen molar-refractivity contribution in [1.82, 2.24) is 9.55 Å². The van der Waals surface area contributed by atoms with Crippen LogP contribution in [0.15, 0.2) is 41.2 Å². The highest BCUT2D eigenvalue weighted by Gasteiger charge is 2.10. The summed E-state index contributed by atoms with van der Waals surface area (Å²) >= 11 is 0. The van der Waals surface area contributed by atoms with E-state index in [1.165, 1.54) is 0 Å². The number of aromatic nitrogens is 2. The number of anilines is 1. The van der Waals surface area contributed by atoms with Gasteiger partial charge in [-0.1, -0.05) is 6.92 Å². The first-order valence-corrected chi connectivity index (χ1v) is 6.03. The molecule has 0 fully saturated rings. The number of nitrogens with zero attached hydrogens (tertiary/aromatic N) is 2. The fraction of sp³-hybridized carbons (Fsp3) is 0.214. The number of nitrogen functional groups attached to an aromatic ring is 1. The average molecular weight is 241 g/mol. The van der Waals surface area contributed by atoms with E-state index in [0.717, 1.165) is 41.1 Å². The maximum absolute atomic E-state index is 5.80. The molecule has 4 heteroatoms. The summed E-state index contributed by atoms with van der Waals surface area (Å²) < 4.78 is 7.32. The molecule has 3 rings (SSSR count). The first-order chi connectivity index (χ1) is 8.78. The number of hydrogen-bond acceptors (Lipinski definition) is 3. The third-order valence-corrected chi connectivity index (χ3v) is 3.09. The number of nitrogens with two attached hydrogens (primary N) is 1. The molecule has 92 valence electrons. The van der Waals surface area contributed by atoms with Gasteiger partial charge in [0, 0.05) is 17.7 Å². The summed E-state index contributed by atoms with van der Waals surface area (Å²) in [6, 6.07) is 7.83. The van der Waals surface area contributed by atoms with Gasteiger partial charge in [-0.3, -0.25) is 0 Å². The summed E-state index contributed by atoms with van der Waals surface area (Å²) in [6.07, 6.45) is 4.35. The lowest BCUT2D eigenvalue weighted by atomic mass is 10.2. The fourth-order valence-corrected chi connectivity index (χ4v) is 2.21. The van der Waals surface area contributed by atoms with Crippen molar-refractivity contribution < 1.29 is 4.42 Å². The monoisotopic (exact) mass is 241 g/mol. The van der Waals surface area contributed by atoms with Gasteiger partial charge in [-0.15, -0.1) is 0 Å². The van der Waals surface area contributed by atoms with Gasteiger partial charge < -0.3 is 14.7 Å². The number of aryl methyl sites for hydroxylation is 1. The average Bonchev–Trinajstić information content (AvgIpc) is 2.97. The molecule has 0 unspecified atom stereocenters. The van der Waals surface area contributed by atoms with Crippen molar-refractivity contribution in [2.75, 3.05) is 5.73 Å². The number of furan rings is 1. The number of imidazole rings is 1. The van der Waals surface area contributed by atoms with Crippen molar-refractivity contribution >= 4 is 16.7 Å². The molecule has 0 radical (unpaired) electrons. The van der Waals surface area contributed by atoms with Crippen molar-refractivity contribution in [2.45, 2.75) is 19.9 Å². The van der Waals surface area contributed by atoms with Crippen LogP contribution < -0.4 is 5.73 Å². The minimum absolute atomic E-state index is 0.748. The lowest BCUT2D eigenvalue weighted by molar-refractivity contribution is 0.562. The van der Waals surface area contributed by atoms with E-state index in [1.54, 1.807) is 12.5 Å². The van der Waals surface area contributed by atoms with Crippen LogP contribution in [-0.2, 0) is 13.0 Å². The highest BCUT2D eigenvalue weighted by molar-refractivity contribution is 5.79. The third kappa shape index (κ3) is 1.76. The zero-order chi connectivity index (χ0) is 12.5. The van der Waals surface area contributed by atoms with Gasteiger partial charge >= 0.3 is 0 Å². The van der Waals surface area contributed by atoms with E-state index in [-0.39, 0.29) is 0 Å². The molecular formula is C14H15N3O. The number of rotatable bonds is 3. The van der Waals surface area contributed by atoms with Gasteiger partial charge in [0.15, 0.2) is 0 Å². The van der Waals surface area contributed by atoms with E-state index < -0.39 is 0 Å². The van der Waals surface area contributed by atoms with Gasteiger partial charge in [0.2, 0.25) is 0 Å². The molecule has 2 aromatic heterocycles. The SMILES string of the molecule is CCc1nc2cc(N)ccc2n1Cc1ccoc1. The standard InChI is InChI=1S/C14H15N3O/c1-2-14-16-12-7-11(15)3-4-13(12)17(14)8-10-5-6-18-9-10/h3-7,9H,2,8,15H2,1H3. The van der Waals surface area contributed by atoms with Crippen LogP contribution >= 0.6 is 0 Å². The Labute approximate surface area is 105 Å². The van der Waals surface area contributed by atoms with E-state index in [4.69, 9.17) is 10.2 Å². The predicted octanol–water partition coefficient (Wildman–Crippen LogP) is 2.82. The van der Waals surface area contributed by atoms with Crippen LogP contribution in [0.5, 0.6) is 0 Å². The second-order valence-electron chi connectivity index (χ2n) is 4.35. The molecule has 18 heavy (non-hydrogen) atoms. The molecule has 0 saturated carbocycles. The number of fused-ring (bicyclic) bond motifs is 1. The maximum Gasteiger partial charge on any atom is 0.109 e. The Bertz CT molecular complexity index is 668. The second kappa shape index (κ2) is 4.22. The molecule has 0 amide bonds. The van der Waals surface area contributed by atoms with Crippen molar-refractivity contribution in [3.63, 3.8) is 0 Å². The van der Waals surface area contributed by atoms with Crippen LogP contribution in [0.1, 0.15) is 18.3 Å². The molecule has 0 bridgehead atoms. The van der Waals surface area contributed by atoms with Crippen molar-refractivity contribution in [3.8, 4) is 0 Å². The molecule has 0 aliphatic carbocycles. The molecular weight excluding hydrogens is 226 g/mol. The van der Waals surface area contributed by atoms with E-state index in [1.807, 2.05) is 24.3 Å². The fourth-order valence-electron chi connectivity index (χ4n) is 2.21.